The molecule has 1 aliphatic heterocycles. The number of hydrogen-bond acceptors (Lipinski definition) is 7. The highest BCUT2D eigenvalue weighted by Crippen LogP contribution is 2.81. The molecule has 3 aromatic carbocycles. The fraction of sp³-hybridized carbons (Fsp3) is 0.415. The molecule has 8 heteroatoms. The maximum absolute atomic E-state index is 13.6. The molecule has 2 unspecified atom stereocenters. The van der Waals surface area contributed by atoms with Gasteiger partial charge in [0.1, 0.15) is 11.5 Å². The van der Waals surface area contributed by atoms with Crippen LogP contribution in [0.15, 0.2) is 68.3 Å². The number of nitriles is 1. The van der Waals surface area contributed by atoms with Crippen LogP contribution in [0.4, 0.5) is 0 Å². The van der Waals surface area contributed by atoms with Crippen LogP contribution in [0, 0.1) is 17.9 Å². The number of unbranched alkanes of at least 4 members (excludes halogenated alkanes) is 8. The van der Waals surface area contributed by atoms with Crippen LogP contribution in [0.5, 0.6) is 11.5 Å². The van der Waals surface area contributed by atoms with Crippen LogP contribution in [0.25, 0.3) is 4.85 Å². The third-order valence-corrected chi connectivity index (χ3v) is 13.1. The summed E-state index contributed by atoms with van der Waals surface area (Å²) in [6, 6.07) is 19.0. The molecule has 7 rings (SSSR count). The van der Waals surface area contributed by atoms with Gasteiger partial charge in [0.15, 0.2) is 0 Å². The largest absolute Gasteiger partial charge is 0.425 e. The van der Waals surface area contributed by atoms with E-state index in [9.17, 15) is 14.9 Å². The van der Waals surface area contributed by atoms with E-state index < -0.39 is 0 Å². The topological polar surface area (TPSA) is 80.8 Å². The molecule has 1 spiro atoms. The van der Waals surface area contributed by atoms with E-state index in [0.29, 0.717) is 38.4 Å². The van der Waals surface area contributed by atoms with Crippen molar-refractivity contribution in [3.05, 3.63) is 103 Å². The Bertz CT molecular complexity index is 1820. The number of rotatable bonds is 14. The van der Waals surface area contributed by atoms with E-state index in [1.807, 2.05) is 6.07 Å². The minimum atomic E-state index is -0.338. The Labute approximate surface area is 297 Å². The first-order valence-electron chi connectivity index (χ1n) is 17.7. The van der Waals surface area contributed by atoms with Crippen molar-refractivity contribution >= 4 is 35.5 Å². The maximum atomic E-state index is 13.6. The summed E-state index contributed by atoms with van der Waals surface area (Å²) in [6.45, 7) is 12.0. The number of benzene rings is 3. The summed E-state index contributed by atoms with van der Waals surface area (Å²) in [4.78, 5) is 32.1. The van der Waals surface area contributed by atoms with Crippen LogP contribution in [0.2, 0.25) is 0 Å². The standard InChI is InChI=1S/C41H40N2O4S2/c1-4-6-8-10-12-22-30(44)46-36-32-33(35-26-19-15-17-21-28(26)41(35)27-20-16-14-18-25(27)34(32)41)37(47-31(45)23-13-11-9-7-5-2)39-38(36)48-40(49-39)29(24-42)43-3/h14-21,34-35H,4-13,22-23H2,1-2H3/t34-,35?,41?/m0/s1. The number of thioether (sulfide) groups is 2. The molecule has 6 nitrogen and oxygen atoms in total. The summed E-state index contributed by atoms with van der Waals surface area (Å²) in [6.07, 6.45) is 10.8. The molecule has 0 saturated carbocycles. The van der Waals surface area contributed by atoms with Crippen LogP contribution in [-0.4, -0.2) is 11.9 Å². The van der Waals surface area contributed by atoms with Crippen LogP contribution in [0.1, 0.15) is 136 Å². The average Bonchev–Trinajstić information content (AvgIpc) is 3.62. The number of carbonyl (C=O) groups is 2. The van der Waals surface area contributed by atoms with E-state index in [2.05, 4.69) is 67.2 Å². The Hall–Kier alpha value is -3.98. The predicted molar refractivity (Wildman–Crippen MR) is 193 cm³/mol. The van der Waals surface area contributed by atoms with Crippen molar-refractivity contribution in [1.29, 1.82) is 5.26 Å². The summed E-state index contributed by atoms with van der Waals surface area (Å²) >= 11 is 2.56. The second kappa shape index (κ2) is 14.1. The van der Waals surface area contributed by atoms with Gasteiger partial charge < -0.3 is 9.47 Å². The van der Waals surface area contributed by atoms with Gasteiger partial charge in [0.25, 0.3) is 5.70 Å². The van der Waals surface area contributed by atoms with Crippen LogP contribution >= 0.6 is 23.5 Å². The number of hydrogen-bond donors (Lipinski definition) is 0. The third kappa shape index (κ3) is 5.40. The first kappa shape index (κ1) is 33.5. The van der Waals surface area contributed by atoms with Gasteiger partial charge in [-0.1, -0.05) is 137 Å². The van der Waals surface area contributed by atoms with E-state index in [4.69, 9.17) is 16.0 Å². The van der Waals surface area contributed by atoms with Crippen LogP contribution in [-0.2, 0) is 15.0 Å². The minimum Gasteiger partial charge on any atom is -0.425 e. The maximum Gasteiger partial charge on any atom is 0.311 e. The van der Waals surface area contributed by atoms with E-state index in [-0.39, 0.29) is 34.9 Å². The van der Waals surface area contributed by atoms with Gasteiger partial charge in [0.2, 0.25) is 0 Å². The molecule has 0 fully saturated rings. The van der Waals surface area contributed by atoms with Gasteiger partial charge in [-0.15, -0.1) is 0 Å². The van der Waals surface area contributed by atoms with E-state index in [1.165, 1.54) is 45.8 Å². The van der Waals surface area contributed by atoms with Crippen molar-refractivity contribution in [2.24, 2.45) is 0 Å². The van der Waals surface area contributed by atoms with Gasteiger partial charge in [-0.05, 0) is 35.1 Å². The quantitative estimate of drug-likeness (QED) is 0.0548. The summed E-state index contributed by atoms with van der Waals surface area (Å²) in [7, 11) is 0. The van der Waals surface area contributed by atoms with Crippen molar-refractivity contribution in [2.45, 2.75) is 118 Å². The molecular formula is C41H40N2O4S2. The lowest BCUT2D eigenvalue weighted by molar-refractivity contribution is -0.136. The van der Waals surface area contributed by atoms with Crippen molar-refractivity contribution < 1.29 is 19.1 Å². The molecule has 1 heterocycles. The second-order valence-electron chi connectivity index (χ2n) is 13.4. The summed E-state index contributed by atoms with van der Waals surface area (Å²) in [5.74, 6) is 0.249. The normalized spacial score (nSPS) is 20.9. The molecule has 250 valence electrons. The summed E-state index contributed by atoms with van der Waals surface area (Å²) < 4.78 is 13.4. The SMILES string of the molecule is [C-]#[N+]C(C#N)=C1Sc2c(OC(=O)CCCCCCC)c3c(c(OC(=O)CCCCCCC)c2S1)[C@@H]1c2ccccc2C12c1ccccc1C32. The molecule has 0 amide bonds. The Morgan fingerprint density at radius 1 is 0.755 bits per heavy atom. The molecule has 3 aromatic rings. The Morgan fingerprint density at radius 2 is 1.20 bits per heavy atom. The highest BCUT2D eigenvalue weighted by molar-refractivity contribution is 8.24. The lowest BCUT2D eigenvalue weighted by Gasteiger charge is -2.58. The number of allylic oxidation sites excluding steroid dienone is 1. The smallest absolute Gasteiger partial charge is 0.311 e. The third-order valence-electron chi connectivity index (χ3n) is 10.5. The zero-order chi connectivity index (χ0) is 34.1. The minimum absolute atomic E-state index is 0.0231. The number of ether oxygens (including phenoxy) is 2. The molecule has 3 atom stereocenters. The highest BCUT2D eigenvalue weighted by atomic mass is 32.2. The van der Waals surface area contributed by atoms with Crippen molar-refractivity contribution in [2.75, 3.05) is 0 Å². The van der Waals surface area contributed by atoms with Gasteiger partial charge in [0.05, 0.1) is 26.7 Å². The van der Waals surface area contributed by atoms with Gasteiger partial charge in [0, 0.05) is 41.2 Å². The zero-order valence-electron chi connectivity index (χ0n) is 28.1. The van der Waals surface area contributed by atoms with Crippen molar-refractivity contribution in [3.8, 4) is 17.6 Å². The second-order valence-corrected chi connectivity index (χ2v) is 15.7. The van der Waals surface area contributed by atoms with Gasteiger partial charge in [-0.25, -0.2) is 10.1 Å². The lowest BCUT2D eigenvalue weighted by atomic mass is 9.43. The number of nitrogens with zero attached hydrogens (tertiary/aromatic N) is 2. The first-order chi connectivity index (χ1) is 24.0. The monoisotopic (exact) mass is 688 g/mol. The zero-order valence-corrected chi connectivity index (χ0v) is 29.7. The molecule has 0 bridgehead atoms. The van der Waals surface area contributed by atoms with Gasteiger partial charge in [-0.3, -0.25) is 9.59 Å². The molecule has 4 aliphatic rings. The highest BCUT2D eigenvalue weighted by Gasteiger charge is 2.71. The molecule has 0 aromatic heterocycles. The summed E-state index contributed by atoms with van der Waals surface area (Å²) in [5, 5.41) is 9.85. The van der Waals surface area contributed by atoms with Crippen molar-refractivity contribution in [3.63, 3.8) is 0 Å². The van der Waals surface area contributed by atoms with Crippen LogP contribution < -0.4 is 9.47 Å². The molecular weight excluding hydrogens is 649 g/mol. The fourth-order valence-corrected chi connectivity index (χ4v) is 11.0. The van der Waals surface area contributed by atoms with Gasteiger partial charge >= 0.3 is 11.9 Å². The molecule has 0 radical (unpaired) electrons. The molecule has 0 N–H and O–H groups in total. The Kier molecular flexibility index (Phi) is 9.64. The number of carbonyl (C=O) groups excluding carboxylic acids is 2. The average molecular weight is 689 g/mol. The molecule has 3 aliphatic carbocycles. The summed E-state index contributed by atoms with van der Waals surface area (Å²) in [5.41, 5.74) is 6.36. The van der Waals surface area contributed by atoms with E-state index >= 15 is 0 Å². The number of esters is 2. The molecule has 49 heavy (non-hydrogen) atoms. The lowest BCUT2D eigenvalue weighted by Crippen LogP contribution is -2.52. The van der Waals surface area contributed by atoms with Crippen LogP contribution in [0.3, 0.4) is 0 Å². The Morgan fingerprint density at radius 3 is 1.63 bits per heavy atom. The van der Waals surface area contributed by atoms with Crippen molar-refractivity contribution in [1.82, 2.24) is 0 Å². The fourth-order valence-electron chi connectivity index (χ4n) is 8.44. The first-order valence-corrected chi connectivity index (χ1v) is 19.4. The Balaban J connectivity index is 1.38. The van der Waals surface area contributed by atoms with E-state index in [1.54, 1.807) is 0 Å². The predicted octanol–water partition coefficient (Wildman–Crippen LogP) is 10.9. The number of fused-ring (bicyclic) bond motifs is 8. The molecule has 0 saturated heterocycles. The van der Waals surface area contributed by atoms with Gasteiger partial charge in [-0.2, -0.15) is 0 Å². The van der Waals surface area contributed by atoms with E-state index in [0.717, 1.165) is 75.3 Å².